The van der Waals surface area contributed by atoms with Crippen LogP contribution in [-0.2, 0) is 4.79 Å². The summed E-state index contributed by atoms with van der Waals surface area (Å²) in [5.41, 5.74) is 0. The number of piperazine rings is 1. The molecule has 2 amide bonds. The van der Waals surface area contributed by atoms with Gasteiger partial charge in [-0.25, -0.2) is 0 Å². The second-order valence-corrected chi connectivity index (χ2v) is 8.28. The highest BCUT2D eigenvalue weighted by Gasteiger charge is 2.35. The zero-order valence-electron chi connectivity index (χ0n) is 13.9. The average Bonchev–Trinajstić information content (AvgIpc) is 3.24. The van der Waals surface area contributed by atoms with Gasteiger partial charge < -0.3 is 15.1 Å². The Balaban J connectivity index is 1.26. The minimum absolute atomic E-state index is 0.104. The Kier molecular flexibility index (Phi) is 4.59. The third-order valence-electron chi connectivity index (χ3n) is 5.69. The summed E-state index contributed by atoms with van der Waals surface area (Å²) in [6.07, 6.45) is 5.55. The number of piperidine rings is 1. The molecule has 2 bridgehead atoms. The van der Waals surface area contributed by atoms with Gasteiger partial charge in [0, 0.05) is 44.7 Å². The molecule has 0 saturated carbocycles. The number of nitrogens with zero attached hydrogens (tertiary/aromatic N) is 2. The number of amides is 2. The zero-order chi connectivity index (χ0) is 16.5. The Hall–Kier alpha value is -1.40. The van der Waals surface area contributed by atoms with Crippen LogP contribution in [0.4, 0.5) is 0 Å². The number of carbonyl (C=O) groups excluding carboxylic acids is 2. The summed E-state index contributed by atoms with van der Waals surface area (Å²) < 4.78 is 0. The van der Waals surface area contributed by atoms with Crippen molar-refractivity contribution in [3.05, 3.63) is 22.4 Å². The highest BCUT2D eigenvalue weighted by molar-refractivity contribution is 7.12. The van der Waals surface area contributed by atoms with E-state index in [2.05, 4.69) is 5.32 Å². The van der Waals surface area contributed by atoms with E-state index >= 15 is 0 Å². The molecular formula is C18H25N3O2S. The number of carbonyl (C=O) groups is 2. The molecular weight excluding hydrogens is 322 g/mol. The summed E-state index contributed by atoms with van der Waals surface area (Å²) in [6, 6.07) is 5.06. The molecule has 3 aliphatic heterocycles. The van der Waals surface area contributed by atoms with Crippen LogP contribution in [0.3, 0.4) is 0 Å². The molecule has 4 rings (SSSR count). The van der Waals surface area contributed by atoms with Crippen molar-refractivity contribution in [2.75, 3.05) is 26.2 Å². The summed E-state index contributed by atoms with van der Waals surface area (Å²) >= 11 is 1.48. The molecule has 3 aliphatic rings. The van der Waals surface area contributed by atoms with E-state index in [-0.39, 0.29) is 11.8 Å². The van der Waals surface area contributed by atoms with Crippen LogP contribution in [-0.4, -0.2) is 59.9 Å². The van der Waals surface area contributed by atoms with Gasteiger partial charge in [-0.3, -0.25) is 9.59 Å². The SMILES string of the molecule is O=C(CC1CC2CCC(C1)N2)N1CCN(C(=O)c2cccs2)CC1. The van der Waals surface area contributed by atoms with Gasteiger partial charge in [0.25, 0.3) is 5.91 Å². The molecule has 1 N–H and O–H groups in total. The highest BCUT2D eigenvalue weighted by atomic mass is 32.1. The van der Waals surface area contributed by atoms with Crippen molar-refractivity contribution >= 4 is 23.2 Å². The number of rotatable bonds is 3. The van der Waals surface area contributed by atoms with Crippen molar-refractivity contribution in [3.63, 3.8) is 0 Å². The molecule has 130 valence electrons. The summed E-state index contributed by atoms with van der Waals surface area (Å²) in [7, 11) is 0. The van der Waals surface area contributed by atoms with Crippen molar-refractivity contribution in [2.45, 2.75) is 44.2 Å². The lowest BCUT2D eigenvalue weighted by Gasteiger charge is -2.36. The van der Waals surface area contributed by atoms with Gasteiger partial charge in [0.05, 0.1) is 4.88 Å². The lowest BCUT2D eigenvalue weighted by molar-refractivity contribution is -0.134. The van der Waals surface area contributed by atoms with Crippen molar-refractivity contribution in [1.29, 1.82) is 0 Å². The van der Waals surface area contributed by atoms with E-state index in [4.69, 9.17) is 0 Å². The Morgan fingerprint density at radius 1 is 1.08 bits per heavy atom. The van der Waals surface area contributed by atoms with Crippen LogP contribution in [0.5, 0.6) is 0 Å². The second kappa shape index (κ2) is 6.84. The maximum absolute atomic E-state index is 12.6. The molecule has 2 unspecified atom stereocenters. The minimum Gasteiger partial charge on any atom is -0.339 e. The Labute approximate surface area is 147 Å². The number of fused-ring (bicyclic) bond motifs is 2. The number of nitrogens with one attached hydrogen (secondary N) is 1. The van der Waals surface area contributed by atoms with Gasteiger partial charge in [0.1, 0.15) is 0 Å². The number of thiophene rings is 1. The first-order chi connectivity index (χ1) is 11.7. The minimum atomic E-state index is 0.104. The van der Waals surface area contributed by atoms with Crippen LogP contribution in [0.2, 0.25) is 0 Å². The standard InChI is InChI=1S/C18H25N3O2S/c22-17(12-13-10-14-3-4-15(11-13)19-14)20-5-7-21(8-6-20)18(23)16-2-1-9-24-16/h1-2,9,13-15,19H,3-8,10-12H2. The fourth-order valence-corrected chi connectivity index (χ4v) is 5.12. The van der Waals surface area contributed by atoms with Gasteiger partial charge >= 0.3 is 0 Å². The van der Waals surface area contributed by atoms with E-state index in [1.165, 1.54) is 24.2 Å². The first-order valence-electron chi connectivity index (χ1n) is 9.05. The first kappa shape index (κ1) is 16.1. The molecule has 4 heterocycles. The van der Waals surface area contributed by atoms with Crippen molar-refractivity contribution in [3.8, 4) is 0 Å². The lowest BCUT2D eigenvalue weighted by atomic mass is 9.89. The Morgan fingerprint density at radius 3 is 2.38 bits per heavy atom. The van der Waals surface area contributed by atoms with E-state index in [0.29, 0.717) is 50.6 Å². The van der Waals surface area contributed by atoms with Crippen LogP contribution in [0.15, 0.2) is 17.5 Å². The fourth-order valence-electron chi connectivity index (χ4n) is 4.43. The quantitative estimate of drug-likeness (QED) is 0.909. The molecule has 5 nitrogen and oxygen atoms in total. The summed E-state index contributed by atoms with van der Waals surface area (Å²) in [5, 5.41) is 5.57. The molecule has 0 radical (unpaired) electrons. The predicted octanol–water partition coefficient (Wildman–Crippen LogP) is 1.95. The largest absolute Gasteiger partial charge is 0.339 e. The molecule has 0 aromatic carbocycles. The Bertz CT molecular complexity index is 583. The average molecular weight is 347 g/mol. The summed E-state index contributed by atoms with van der Waals surface area (Å²) in [5.74, 6) is 0.929. The molecule has 6 heteroatoms. The van der Waals surface area contributed by atoms with Gasteiger partial charge in [-0.15, -0.1) is 11.3 Å². The maximum atomic E-state index is 12.6. The molecule has 2 atom stereocenters. The molecule has 0 aliphatic carbocycles. The van der Waals surface area contributed by atoms with E-state index in [1.807, 2.05) is 27.3 Å². The first-order valence-corrected chi connectivity index (χ1v) is 9.93. The van der Waals surface area contributed by atoms with Gasteiger partial charge in [-0.2, -0.15) is 0 Å². The van der Waals surface area contributed by atoms with Gasteiger partial charge in [-0.1, -0.05) is 6.07 Å². The van der Waals surface area contributed by atoms with E-state index < -0.39 is 0 Å². The normalized spacial score (nSPS) is 29.8. The fraction of sp³-hybridized carbons (Fsp3) is 0.667. The molecule has 3 saturated heterocycles. The third kappa shape index (κ3) is 3.35. The smallest absolute Gasteiger partial charge is 0.264 e. The van der Waals surface area contributed by atoms with E-state index in [0.717, 1.165) is 17.7 Å². The van der Waals surface area contributed by atoms with E-state index in [1.54, 1.807) is 0 Å². The number of hydrogen-bond acceptors (Lipinski definition) is 4. The highest BCUT2D eigenvalue weighted by Crippen LogP contribution is 2.33. The lowest BCUT2D eigenvalue weighted by Crippen LogP contribution is -2.51. The van der Waals surface area contributed by atoms with Crippen molar-refractivity contribution in [1.82, 2.24) is 15.1 Å². The monoisotopic (exact) mass is 347 g/mol. The molecule has 3 fully saturated rings. The van der Waals surface area contributed by atoms with Crippen LogP contribution in [0, 0.1) is 5.92 Å². The third-order valence-corrected chi connectivity index (χ3v) is 6.54. The van der Waals surface area contributed by atoms with Crippen LogP contribution in [0.1, 0.15) is 41.8 Å². The van der Waals surface area contributed by atoms with Gasteiger partial charge in [0.2, 0.25) is 5.91 Å². The molecule has 1 aromatic rings. The van der Waals surface area contributed by atoms with Crippen molar-refractivity contribution in [2.24, 2.45) is 5.92 Å². The second-order valence-electron chi connectivity index (χ2n) is 7.33. The van der Waals surface area contributed by atoms with Crippen LogP contribution >= 0.6 is 11.3 Å². The molecule has 1 aromatic heterocycles. The van der Waals surface area contributed by atoms with Crippen molar-refractivity contribution < 1.29 is 9.59 Å². The van der Waals surface area contributed by atoms with Crippen LogP contribution < -0.4 is 5.32 Å². The number of hydrogen-bond donors (Lipinski definition) is 1. The van der Waals surface area contributed by atoms with Gasteiger partial charge in [0.15, 0.2) is 0 Å². The summed E-state index contributed by atoms with van der Waals surface area (Å²) in [4.78, 5) is 29.6. The van der Waals surface area contributed by atoms with E-state index in [9.17, 15) is 9.59 Å². The molecule has 0 spiro atoms. The zero-order valence-corrected chi connectivity index (χ0v) is 14.8. The maximum Gasteiger partial charge on any atom is 0.264 e. The van der Waals surface area contributed by atoms with Crippen LogP contribution in [0.25, 0.3) is 0 Å². The Morgan fingerprint density at radius 2 is 1.75 bits per heavy atom. The predicted molar refractivity (Wildman–Crippen MR) is 94.1 cm³/mol. The summed E-state index contributed by atoms with van der Waals surface area (Å²) in [6.45, 7) is 2.65. The van der Waals surface area contributed by atoms with Gasteiger partial charge in [-0.05, 0) is 43.0 Å². The topological polar surface area (TPSA) is 52.7 Å². The molecule has 24 heavy (non-hydrogen) atoms.